The van der Waals surface area contributed by atoms with Gasteiger partial charge in [-0.2, -0.15) is 13.8 Å². The van der Waals surface area contributed by atoms with Crippen molar-refractivity contribution in [2.75, 3.05) is 11.9 Å². The second kappa shape index (κ2) is 9.58. The zero-order valence-corrected chi connectivity index (χ0v) is 17.0. The van der Waals surface area contributed by atoms with Gasteiger partial charge in [-0.05, 0) is 52.4 Å². The second-order valence-corrected chi connectivity index (χ2v) is 7.09. The Morgan fingerprint density at radius 2 is 1.96 bits per heavy atom. The molecule has 0 saturated carbocycles. The molecule has 0 aliphatic carbocycles. The standard InChI is InChI=1S/C18H17BrClF3N4O/c19-15-12(8-4-5-9-28-18(22)23)13(21)14-16(25-17(20)26-27(14)15)24-10-11-6-2-1-3-7-11/h1-3,6-7,18H,4-5,8-10H2,(H,24,25,26). The molecule has 0 bridgehead atoms. The largest absolute Gasteiger partial charge is 0.364 e. The summed E-state index contributed by atoms with van der Waals surface area (Å²) in [5.41, 5.74) is 1.56. The van der Waals surface area contributed by atoms with E-state index in [4.69, 9.17) is 11.6 Å². The zero-order chi connectivity index (χ0) is 20.1. The smallest absolute Gasteiger partial charge is 0.345 e. The number of anilines is 1. The number of ether oxygens (including phenoxy) is 1. The van der Waals surface area contributed by atoms with Crippen LogP contribution < -0.4 is 5.32 Å². The molecule has 0 atom stereocenters. The van der Waals surface area contributed by atoms with E-state index in [1.54, 1.807) is 0 Å². The molecule has 0 radical (unpaired) electrons. The molecule has 0 fully saturated rings. The summed E-state index contributed by atoms with van der Waals surface area (Å²) in [6.45, 7) is -2.44. The maximum Gasteiger partial charge on any atom is 0.345 e. The maximum atomic E-state index is 15.1. The highest BCUT2D eigenvalue weighted by Gasteiger charge is 2.22. The van der Waals surface area contributed by atoms with Crippen LogP contribution in [0.2, 0.25) is 5.28 Å². The van der Waals surface area contributed by atoms with Crippen molar-refractivity contribution in [2.45, 2.75) is 32.4 Å². The lowest BCUT2D eigenvalue weighted by Crippen LogP contribution is -2.06. The number of aromatic nitrogens is 3. The van der Waals surface area contributed by atoms with Gasteiger partial charge in [0.2, 0.25) is 5.28 Å². The fourth-order valence-corrected chi connectivity index (χ4v) is 3.58. The Morgan fingerprint density at radius 3 is 2.68 bits per heavy atom. The normalized spacial score (nSPS) is 11.5. The van der Waals surface area contributed by atoms with Crippen LogP contribution in [0.4, 0.5) is 19.0 Å². The lowest BCUT2D eigenvalue weighted by atomic mass is 10.1. The molecule has 1 aromatic carbocycles. The van der Waals surface area contributed by atoms with Gasteiger partial charge in [0.05, 0.1) is 6.61 Å². The van der Waals surface area contributed by atoms with Crippen LogP contribution in [0.1, 0.15) is 24.0 Å². The summed E-state index contributed by atoms with van der Waals surface area (Å²) in [6, 6.07) is 9.59. The average molecular weight is 478 g/mol. The van der Waals surface area contributed by atoms with Crippen LogP contribution in [0, 0.1) is 5.82 Å². The van der Waals surface area contributed by atoms with Gasteiger partial charge in [-0.25, -0.2) is 8.91 Å². The van der Waals surface area contributed by atoms with Gasteiger partial charge < -0.3 is 10.1 Å². The van der Waals surface area contributed by atoms with Gasteiger partial charge in [-0.15, -0.1) is 5.10 Å². The Bertz CT molecular complexity index is 940. The molecule has 0 aliphatic heterocycles. The highest BCUT2D eigenvalue weighted by molar-refractivity contribution is 9.10. The summed E-state index contributed by atoms with van der Waals surface area (Å²) in [4.78, 5) is 4.12. The van der Waals surface area contributed by atoms with Crippen LogP contribution in [0.5, 0.6) is 0 Å². The first-order chi connectivity index (χ1) is 13.5. The van der Waals surface area contributed by atoms with Crippen molar-refractivity contribution in [3.8, 4) is 0 Å². The zero-order valence-electron chi connectivity index (χ0n) is 14.6. The molecule has 0 unspecified atom stereocenters. The van der Waals surface area contributed by atoms with Gasteiger partial charge in [-0.1, -0.05) is 30.3 Å². The van der Waals surface area contributed by atoms with Gasteiger partial charge in [0.1, 0.15) is 10.1 Å². The van der Waals surface area contributed by atoms with Gasteiger partial charge in [0.15, 0.2) is 11.6 Å². The van der Waals surface area contributed by atoms with Gasteiger partial charge in [0, 0.05) is 12.1 Å². The van der Waals surface area contributed by atoms with Gasteiger partial charge in [-0.3, -0.25) is 0 Å². The van der Waals surface area contributed by atoms with Crippen LogP contribution in [0.15, 0.2) is 34.9 Å². The predicted molar refractivity (Wildman–Crippen MR) is 104 cm³/mol. The van der Waals surface area contributed by atoms with Crippen molar-refractivity contribution in [2.24, 2.45) is 0 Å². The fraction of sp³-hybridized carbons (Fsp3) is 0.333. The number of rotatable bonds is 9. The van der Waals surface area contributed by atoms with E-state index < -0.39 is 12.4 Å². The highest BCUT2D eigenvalue weighted by atomic mass is 79.9. The number of unbranched alkanes of at least 4 members (excludes halogenated alkanes) is 1. The summed E-state index contributed by atoms with van der Waals surface area (Å²) >= 11 is 9.35. The van der Waals surface area contributed by atoms with E-state index in [1.165, 1.54) is 4.52 Å². The van der Waals surface area contributed by atoms with Crippen molar-refractivity contribution in [3.05, 3.63) is 57.2 Å². The molecule has 1 N–H and O–H groups in total. The van der Waals surface area contributed by atoms with Crippen LogP contribution in [0.25, 0.3) is 5.52 Å². The number of hydrogen-bond donors (Lipinski definition) is 1. The van der Waals surface area contributed by atoms with E-state index in [-0.39, 0.29) is 23.2 Å². The number of nitrogens with one attached hydrogen (secondary N) is 1. The first kappa shape index (κ1) is 20.9. The number of alkyl halides is 2. The molecule has 2 aromatic heterocycles. The lowest BCUT2D eigenvalue weighted by molar-refractivity contribution is -0.129. The van der Waals surface area contributed by atoms with Crippen LogP contribution >= 0.6 is 27.5 Å². The molecule has 0 amide bonds. The third kappa shape index (κ3) is 4.95. The fourth-order valence-electron chi connectivity index (χ4n) is 2.79. The van der Waals surface area contributed by atoms with E-state index in [0.717, 1.165) is 5.56 Å². The minimum atomic E-state index is -2.80. The van der Waals surface area contributed by atoms with E-state index in [0.29, 0.717) is 36.0 Å². The molecule has 150 valence electrons. The van der Waals surface area contributed by atoms with Gasteiger partial charge in [0.25, 0.3) is 0 Å². The molecule has 3 aromatic rings. The third-order valence-electron chi connectivity index (χ3n) is 4.10. The van der Waals surface area contributed by atoms with Crippen molar-refractivity contribution in [3.63, 3.8) is 0 Å². The molecule has 3 rings (SSSR count). The minimum absolute atomic E-state index is 0.0318. The van der Waals surface area contributed by atoms with E-state index in [9.17, 15) is 8.78 Å². The summed E-state index contributed by atoms with van der Waals surface area (Å²) in [7, 11) is 0. The van der Waals surface area contributed by atoms with Crippen LogP contribution in [-0.4, -0.2) is 27.8 Å². The maximum absolute atomic E-state index is 15.1. The Morgan fingerprint density at radius 1 is 1.21 bits per heavy atom. The Balaban J connectivity index is 1.80. The van der Waals surface area contributed by atoms with Crippen molar-refractivity contribution in [1.29, 1.82) is 0 Å². The summed E-state index contributed by atoms with van der Waals surface area (Å²) in [6.07, 6.45) is 1.19. The van der Waals surface area contributed by atoms with Crippen molar-refractivity contribution < 1.29 is 17.9 Å². The lowest BCUT2D eigenvalue weighted by Gasteiger charge is -2.08. The highest BCUT2D eigenvalue weighted by Crippen LogP contribution is 2.31. The molecule has 10 heteroatoms. The first-order valence-electron chi connectivity index (χ1n) is 8.57. The molecular weight excluding hydrogens is 461 g/mol. The molecule has 0 saturated heterocycles. The van der Waals surface area contributed by atoms with Crippen LogP contribution in [0.3, 0.4) is 0 Å². The second-order valence-electron chi connectivity index (χ2n) is 6.00. The number of hydrogen-bond acceptors (Lipinski definition) is 4. The molecular formula is C18H17BrClF3N4O. The predicted octanol–water partition coefficient (Wildman–Crippen LogP) is 5.46. The molecule has 5 nitrogen and oxygen atoms in total. The third-order valence-corrected chi connectivity index (χ3v) is 5.07. The monoisotopic (exact) mass is 476 g/mol. The van der Waals surface area contributed by atoms with Crippen LogP contribution in [-0.2, 0) is 17.7 Å². The molecule has 0 spiro atoms. The van der Waals surface area contributed by atoms with E-state index in [1.807, 2.05) is 30.3 Å². The SMILES string of the molecule is Fc1c(CCCCOC(F)F)c(Br)n2nc(Cl)nc(NCc3ccccc3)c12. The quantitative estimate of drug-likeness (QED) is 0.416. The molecule has 2 heterocycles. The summed E-state index contributed by atoms with van der Waals surface area (Å²) < 4.78 is 45.1. The van der Waals surface area contributed by atoms with Gasteiger partial charge >= 0.3 is 6.61 Å². The summed E-state index contributed by atoms with van der Waals surface area (Å²) in [5.74, 6) is -0.205. The van der Waals surface area contributed by atoms with Crippen molar-refractivity contribution >= 4 is 38.9 Å². The first-order valence-corrected chi connectivity index (χ1v) is 9.74. The topological polar surface area (TPSA) is 51.5 Å². The Kier molecular flexibility index (Phi) is 7.14. The number of nitrogens with zero attached hydrogens (tertiary/aromatic N) is 3. The van der Waals surface area contributed by atoms with E-state index in [2.05, 4.69) is 36.1 Å². The van der Waals surface area contributed by atoms with E-state index >= 15 is 4.39 Å². The number of benzene rings is 1. The molecule has 0 aliphatic rings. The Labute approximate surface area is 173 Å². The number of fused-ring (bicyclic) bond motifs is 1. The Hall–Kier alpha value is -1.84. The molecule has 28 heavy (non-hydrogen) atoms. The average Bonchev–Trinajstić information content (AvgIpc) is 2.91. The van der Waals surface area contributed by atoms with Crippen molar-refractivity contribution in [1.82, 2.24) is 14.6 Å². The minimum Gasteiger partial charge on any atom is -0.364 e. The summed E-state index contributed by atoms with van der Waals surface area (Å²) in [5, 5.41) is 7.12. The number of halogens is 5.